The molecule has 0 saturated heterocycles. The van der Waals surface area contributed by atoms with Crippen LogP contribution in [0.3, 0.4) is 0 Å². The fraction of sp³-hybridized carbons (Fsp3) is 0.500. The molecule has 0 aliphatic carbocycles. The van der Waals surface area contributed by atoms with E-state index in [0.717, 1.165) is 0 Å². The summed E-state index contributed by atoms with van der Waals surface area (Å²) in [6.45, 7) is 0.115. The predicted octanol–water partition coefficient (Wildman–Crippen LogP) is -0.122. The Hall–Kier alpha value is -0.630. The monoisotopic (exact) mass is 114 g/mol. The summed E-state index contributed by atoms with van der Waals surface area (Å²) in [5.74, 6) is 0. The molecular formula is C6H12NO+. The zero-order chi connectivity index (χ0) is 6.41. The summed E-state index contributed by atoms with van der Waals surface area (Å²) in [7, 11) is 3.86. The Balaban J connectivity index is 3.42. The van der Waals surface area contributed by atoms with Crippen LogP contribution >= 0.6 is 0 Å². The topological polar surface area (TPSA) is 23.2 Å². The molecule has 0 fully saturated rings. The van der Waals surface area contributed by atoms with Crippen molar-refractivity contribution in [3.63, 3.8) is 0 Å². The van der Waals surface area contributed by atoms with Gasteiger partial charge in [-0.1, -0.05) is 6.08 Å². The van der Waals surface area contributed by atoms with Gasteiger partial charge in [0.1, 0.15) is 14.1 Å². The Kier molecular flexibility index (Phi) is 4.17. The molecule has 2 nitrogen and oxygen atoms in total. The molecule has 1 N–H and O–H groups in total. The van der Waals surface area contributed by atoms with Crippen LogP contribution in [0.4, 0.5) is 0 Å². The van der Waals surface area contributed by atoms with Crippen molar-refractivity contribution in [3.05, 3.63) is 12.2 Å². The van der Waals surface area contributed by atoms with Crippen LogP contribution in [0.15, 0.2) is 12.2 Å². The van der Waals surface area contributed by atoms with Gasteiger partial charge in [0, 0.05) is 0 Å². The van der Waals surface area contributed by atoms with E-state index < -0.39 is 0 Å². The quantitative estimate of drug-likeness (QED) is 0.392. The number of nitrogens with zero attached hydrogens (tertiary/aromatic N) is 1. The SMILES string of the molecule is C[N+](C)=C/C=C/CO. The minimum absolute atomic E-state index is 0.115. The molecule has 0 aliphatic rings. The van der Waals surface area contributed by atoms with E-state index in [-0.39, 0.29) is 6.61 Å². The first kappa shape index (κ1) is 7.37. The molecule has 0 aromatic rings. The summed E-state index contributed by atoms with van der Waals surface area (Å²) in [6.07, 6.45) is 5.36. The molecule has 0 rings (SSSR count). The van der Waals surface area contributed by atoms with Crippen molar-refractivity contribution >= 4 is 6.21 Å². The van der Waals surface area contributed by atoms with Crippen LogP contribution in [0.2, 0.25) is 0 Å². The molecule has 0 bridgehead atoms. The average molecular weight is 114 g/mol. The molecule has 0 aromatic carbocycles. The molecule has 0 spiro atoms. The van der Waals surface area contributed by atoms with Gasteiger partial charge >= 0.3 is 0 Å². The Labute approximate surface area is 49.8 Å². The van der Waals surface area contributed by atoms with Gasteiger partial charge in [-0.25, -0.2) is 4.58 Å². The largest absolute Gasteiger partial charge is 0.392 e. The third-order valence-electron chi connectivity index (χ3n) is 0.626. The van der Waals surface area contributed by atoms with Crippen molar-refractivity contribution in [2.75, 3.05) is 20.7 Å². The lowest BCUT2D eigenvalue weighted by atomic mass is 10.5. The zero-order valence-corrected chi connectivity index (χ0v) is 5.33. The second-order valence-corrected chi connectivity index (χ2v) is 1.72. The standard InChI is InChI=1S/C6H12NO/c1-7(2)5-3-4-6-8/h3-5,8H,6H2,1-2H3/q+1/b4-3+. The normalized spacial score (nSPS) is 9.88. The van der Waals surface area contributed by atoms with Crippen molar-refractivity contribution in [2.45, 2.75) is 0 Å². The van der Waals surface area contributed by atoms with Gasteiger partial charge in [0.15, 0.2) is 6.21 Å². The minimum atomic E-state index is 0.115. The third kappa shape index (κ3) is 5.37. The Bertz CT molecular complexity index is 101. The van der Waals surface area contributed by atoms with Crippen molar-refractivity contribution in [3.8, 4) is 0 Å². The highest BCUT2D eigenvalue weighted by molar-refractivity contribution is 5.65. The summed E-state index contributed by atoms with van der Waals surface area (Å²) in [5, 5.41) is 8.25. The van der Waals surface area contributed by atoms with Gasteiger partial charge in [-0.3, -0.25) is 0 Å². The summed E-state index contributed by atoms with van der Waals surface area (Å²) in [4.78, 5) is 0. The molecular weight excluding hydrogens is 102 g/mol. The van der Waals surface area contributed by atoms with Crippen LogP contribution in [0.5, 0.6) is 0 Å². The molecule has 46 valence electrons. The van der Waals surface area contributed by atoms with E-state index in [1.807, 2.05) is 24.9 Å². The fourth-order valence-electron chi connectivity index (χ4n) is 0.294. The van der Waals surface area contributed by atoms with Crippen LogP contribution in [-0.4, -0.2) is 36.6 Å². The lowest BCUT2D eigenvalue weighted by Gasteiger charge is -1.77. The molecule has 0 aromatic heterocycles. The van der Waals surface area contributed by atoms with Crippen LogP contribution < -0.4 is 0 Å². The average Bonchev–Trinajstić information content (AvgIpc) is 1.66. The number of allylic oxidation sites excluding steroid dienone is 1. The second kappa shape index (κ2) is 4.53. The summed E-state index contributed by atoms with van der Waals surface area (Å²) in [5.41, 5.74) is 0. The lowest BCUT2D eigenvalue weighted by Crippen LogP contribution is -1.95. The second-order valence-electron chi connectivity index (χ2n) is 1.72. The Morgan fingerprint density at radius 1 is 1.50 bits per heavy atom. The molecule has 0 amide bonds. The first-order valence-corrected chi connectivity index (χ1v) is 2.54. The van der Waals surface area contributed by atoms with E-state index in [4.69, 9.17) is 5.11 Å². The molecule has 8 heavy (non-hydrogen) atoms. The van der Waals surface area contributed by atoms with Gasteiger partial charge in [0.05, 0.1) is 6.61 Å². The van der Waals surface area contributed by atoms with Crippen LogP contribution in [0.1, 0.15) is 0 Å². The first-order chi connectivity index (χ1) is 3.77. The van der Waals surface area contributed by atoms with Crippen molar-refractivity contribution in [2.24, 2.45) is 0 Å². The van der Waals surface area contributed by atoms with E-state index in [9.17, 15) is 0 Å². The molecule has 0 heterocycles. The fourth-order valence-corrected chi connectivity index (χ4v) is 0.294. The summed E-state index contributed by atoms with van der Waals surface area (Å²) >= 11 is 0. The van der Waals surface area contributed by atoms with Crippen LogP contribution in [0.25, 0.3) is 0 Å². The number of rotatable bonds is 2. The summed E-state index contributed by atoms with van der Waals surface area (Å²) in [6, 6.07) is 0. The van der Waals surface area contributed by atoms with Gasteiger partial charge in [0.2, 0.25) is 0 Å². The van der Waals surface area contributed by atoms with Gasteiger partial charge in [-0.2, -0.15) is 0 Å². The Morgan fingerprint density at radius 3 is 2.50 bits per heavy atom. The third-order valence-corrected chi connectivity index (χ3v) is 0.626. The van der Waals surface area contributed by atoms with E-state index >= 15 is 0 Å². The zero-order valence-electron chi connectivity index (χ0n) is 5.33. The molecule has 0 saturated carbocycles. The maximum atomic E-state index is 8.25. The van der Waals surface area contributed by atoms with E-state index in [1.54, 1.807) is 12.2 Å². The molecule has 0 atom stereocenters. The van der Waals surface area contributed by atoms with Gasteiger partial charge in [0.25, 0.3) is 0 Å². The Morgan fingerprint density at radius 2 is 2.12 bits per heavy atom. The van der Waals surface area contributed by atoms with Gasteiger partial charge in [-0.05, 0) is 6.08 Å². The molecule has 0 radical (unpaired) electrons. The van der Waals surface area contributed by atoms with E-state index in [0.29, 0.717) is 0 Å². The molecule has 0 unspecified atom stereocenters. The highest BCUT2D eigenvalue weighted by Gasteiger charge is 1.72. The molecule has 0 aliphatic heterocycles. The number of aliphatic hydroxyl groups is 1. The van der Waals surface area contributed by atoms with Crippen molar-refractivity contribution < 1.29 is 9.68 Å². The van der Waals surface area contributed by atoms with Gasteiger partial charge < -0.3 is 5.11 Å². The number of hydrogen-bond acceptors (Lipinski definition) is 1. The van der Waals surface area contributed by atoms with E-state index in [1.165, 1.54) is 0 Å². The minimum Gasteiger partial charge on any atom is -0.392 e. The van der Waals surface area contributed by atoms with Crippen LogP contribution in [-0.2, 0) is 0 Å². The molecule has 2 heteroatoms. The lowest BCUT2D eigenvalue weighted by molar-refractivity contribution is -0.458. The first-order valence-electron chi connectivity index (χ1n) is 2.54. The van der Waals surface area contributed by atoms with Crippen molar-refractivity contribution in [1.82, 2.24) is 0 Å². The highest BCUT2D eigenvalue weighted by atomic mass is 16.2. The predicted molar refractivity (Wildman–Crippen MR) is 34.4 cm³/mol. The van der Waals surface area contributed by atoms with E-state index in [2.05, 4.69) is 0 Å². The maximum absolute atomic E-state index is 8.25. The number of hydrogen-bond donors (Lipinski definition) is 1. The maximum Gasteiger partial charge on any atom is 0.162 e. The van der Waals surface area contributed by atoms with Crippen LogP contribution in [0, 0.1) is 0 Å². The number of aliphatic hydroxyl groups excluding tert-OH is 1. The highest BCUT2D eigenvalue weighted by Crippen LogP contribution is 1.63. The summed E-state index contributed by atoms with van der Waals surface area (Å²) < 4.78 is 1.91. The van der Waals surface area contributed by atoms with Crippen molar-refractivity contribution in [1.29, 1.82) is 0 Å². The van der Waals surface area contributed by atoms with Gasteiger partial charge in [-0.15, -0.1) is 0 Å². The smallest absolute Gasteiger partial charge is 0.162 e.